The Hall–Kier alpha value is -1.85. The smallest absolute Gasteiger partial charge is 0.237 e. The van der Waals surface area contributed by atoms with Crippen molar-refractivity contribution in [2.75, 3.05) is 13.6 Å². The van der Waals surface area contributed by atoms with Gasteiger partial charge in [-0.05, 0) is 13.3 Å². The van der Waals surface area contributed by atoms with E-state index in [2.05, 4.69) is 9.97 Å². The van der Waals surface area contributed by atoms with Crippen molar-refractivity contribution in [3.63, 3.8) is 0 Å². The maximum atomic E-state index is 12.2. The van der Waals surface area contributed by atoms with Gasteiger partial charge in [0.05, 0.1) is 6.33 Å². The SMILES string of the molecule is CCC(C)(C(N)=O)C(=O)N(C)CCc1cnc[nH]1. The van der Waals surface area contributed by atoms with Crippen molar-refractivity contribution in [2.24, 2.45) is 11.1 Å². The summed E-state index contributed by atoms with van der Waals surface area (Å²) in [5.41, 5.74) is 5.14. The number of nitrogens with one attached hydrogen (secondary N) is 1. The standard InChI is InChI=1S/C12H20N4O2/c1-4-12(2,10(13)17)11(18)16(3)6-5-9-7-14-8-15-9/h7-8H,4-6H2,1-3H3,(H2,13,17)(H,14,15). The van der Waals surface area contributed by atoms with Gasteiger partial charge in [-0.2, -0.15) is 0 Å². The molecule has 0 bridgehead atoms. The predicted octanol–water partition coefficient (Wildman–Crippen LogP) is 0.312. The zero-order chi connectivity index (χ0) is 13.8. The minimum atomic E-state index is -1.12. The van der Waals surface area contributed by atoms with E-state index in [9.17, 15) is 9.59 Å². The van der Waals surface area contributed by atoms with Crippen LogP contribution in [-0.4, -0.2) is 40.3 Å². The van der Waals surface area contributed by atoms with E-state index in [1.807, 2.05) is 0 Å². The van der Waals surface area contributed by atoms with E-state index in [4.69, 9.17) is 5.73 Å². The largest absolute Gasteiger partial charge is 0.369 e. The molecule has 0 spiro atoms. The van der Waals surface area contributed by atoms with Crippen LogP contribution < -0.4 is 5.73 Å². The molecule has 2 amide bonds. The second kappa shape index (κ2) is 5.66. The Bertz CT molecular complexity index is 416. The number of rotatable bonds is 6. The van der Waals surface area contributed by atoms with E-state index in [1.54, 1.807) is 33.4 Å². The fraction of sp³-hybridized carbons (Fsp3) is 0.583. The Morgan fingerprint density at radius 3 is 2.67 bits per heavy atom. The van der Waals surface area contributed by atoms with Crippen molar-refractivity contribution in [3.8, 4) is 0 Å². The first-order chi connectivity index (χ1) is 8.41. The molecule has 18 heavy (non-hydrogen) atoms. The van der Waals surface area contributed by atoms with E-state index in [-0.39, 0.29) is 5.91 Å². The molecule has 0 aromatic carbocycles. The monoisotopic (exact) mass is 252 g/mol. The molecule has 1 rings (SSSR count). The molecule has 0 aliphatic carbocycles. The fourth-order valence-corrected chi connectivity index (χ4v) is 1.66. The average molecular weight is 252 g/mol. The summed E-state index contributed by atoms with van der Waals surface area (Å²) in [6.45, 7) is 3.89. The minimum absolute atomic E-state index is 0.239. The summed E-state index contributed by atoms with van der Waals surface area (Å²) in [5.74, 6) is -0.819. The fourth-order valence-electron chi connectivity index (χ4n) is 1.66. The zero-order valence-electron chi connectivity index (χ0n) is 11.1. The molecule has 0 saturated carbocycles. The maximum Gasteiger partial charge on any atom is 0.237 e. The first-order valence-corrected chi connectivity index (χ1v) is 5.94. The second-order valence-electron chi connectivity index (χ2n) is 4.60. The number of aromatic amines is 1. The molecule has 0 aliphatic heterocycles. The third-order valence-electron chi connectivity index (χ3n) is 3.34. The van der Waals surface area contributed by atoms with Crippen molar-refractivity contribution in [3.05, 3.63) is 18.2 Å². The van der Waals surface area contributed by atoms with E-state index in [0.29, 0.717) is 19.4 Å². The van der Waals surface area contributed by atoms with Gasteiger partial charge in [0.1, 0.15) is 5.41 Å². The molecule has 1 unspecified atom stereocenters. The van der Waals surface area contributed by atoms with Gasteiger partial charge in [0.25, 0.3) is 0 Å². The molecule has 1 aromatic heterocycles. The lowest BCUT2D eigenvalue weighted by molar-refractivity contribution is -0.147. The highest BCUT2D eigenvalue weighted by atomic mass is 16.2. The lowest BCUT2D eigenvalue weighted by atomic mass is 9.85. The molecule has 3 N–H and O–H groups in total. The lowest BCUT2D eigenvalue weighted by Gasteiger charge is -2.29. The molecule has 0 radical (unpaired) electrons. The molecule has 0 aliphatic rings. The quantitative estimate of drug-likeness (QED) is 0.714. The van der Waals surface area contributed by atoms with Gasteiger partial charge in [-0.3, -0.25) is 9.59 Å². The molecule has 100 valence electrons. The summed E-state index contributed by atoms with van der Waals surface area (Å²) in [6, 6.07) is 0. The molecule has 6 heteroatoms. The summed E-state index contributed by atoms with van der Waals surface area (Å²) in [4.78, 5) is 32.0. The van der Waals surface area contributed by atoms with Crippen molar-refractivity contribution in [1.82, 2.24) is 14.9 Å². The lowest BCUT2D eigenvalue weighted by Crippen LogP contribution is -2.48. The van der Waals surface area contributed by atoms with Crippen LogP contribution in [0.2, 0.25) is 0 Å². The van der Waals surface area contributed by atoms with Crippen LogP contribution in [0.4, 0.5) is 0 Å². The van der Waals surface area contributed by atoms with Crippen LogP contribution in [0.1, 0.15) is 26.0 Å². The number of nitrogens with two attached hydrogens (primary N) is 1. The van der Waals surface area contributed by atoms with Crippen molar-refractivity contribution in [2.45, 2.75) is 26.7 Å². The van der Waals surface area contributed by atoms with Crippen LogP contribution in [0.5, 0.6) is 0 Å². The molecule has 1 aromatic rings. The van der Waals surface area contributed by atoms with Crippen molar-refractivity contribution in [1.29, 1.82) is 0 Å². The number of hydrogen-bond acceptors (Lipinski definition) is 3. The topological polar surface area (TPSA) is 92.1 Å². The highest BCUT2D eigenvalue weighted by molar-refractivity contribution is 6.03. The normalized spacial score (nSPS) is 13.9. The predicted molar refractivity (Wildman–Crippen MR) is 67.5 cm³/mol. The van der Waals surface area contributed by atoms with Gasteiger partial charge >= 0.3 is 0 Å². The number of aromatic nitrogens is 2. The third kappa shape index (κ3) is 2.88. The molecular weight excluding hydrogens is 232 g/mol. The molecular formula is C12H20N4O2. The van der Waals surface area contributed by atoms with E-state index < -0.39 is 11.3 Å². The van der Waals surface area contributed by atoms with E-state index >= 15 is 0 Å². The Labute approximate surface area is 107 Å². The van der Waals surface area contributed by atoms with Gasteiger partial charge in [0.15, 0.2) is 0 Å². The Morgan fingerprint density at radius 2 is 2.22 bits per heavy atom. The average Bonchev–Trinajstić information content (AvgIpc) is 2.86. The molecule has 0 fully saturated rings. The van der Waals surface area contributed by atoms with Gasteiger partial charge in [0.2, 0.25) is 11.8 Å². The summed E-state index contributed by atoms with van der Waals surface area (Å²) in [7, 11) is 1.68. The highest BCUT2D eigenvalue weighted by Gasteiger charge is 2.39. The first kappa shape index (κ1) is 14.2. The maximum absolute atomic E-state index is 12.2. The van der Waals surface area contributed by atoms with Gasteiger partial charge in [-0.25, -0.2) is 4.98 Å². The Morgan fingerprint density at radius 1 is 1.56 bits per heavy atom. The minimum Gasteiger partial charge on any atom is -0.369 e. The van der Waals surface area contributed by atoms with Crippen molar-refractivity contribution < 1.29 is 9.59 Å². The summed E-state index contributed by atoms with van der Waals surface area (Å²) in [6.07, 6.45) is 4.37. The van der Waals surface area contributed by atoms with Crippen LogP contribution in [0.3, 0.4) is 0 Å². The molecule has 0 saturated heterocycles. The number of carbonyl (C=O) groups excluding carboxylic acids is 2. The summed E-state index contributed by atoms with van der Waals surface area (Å²) >= 11 is 0. The van der Waals surface area contributed by atoms with E-state index in [1.165, 1.54) is 4.90 Å². The van der Waals surface area contributed by atoms with Crippen molar-refractivity contribution >= 4 is 11.8 Å². The van der Waals surface area contributed by atoms with Crippen LogP contribution >= 0.6 is 0 Å². The highest BCUT2D eigenvalue weighted by Crippen LogP contribution is 2.23. The van der Waals surface area contributed by atoms with Crippen LogP contribution in [-0.2, 0) is 16.0 Å². The Kier molecular flexibility index (Phi) is 4.47. The van der Waals surface area contributed by atoms with Crippen LogP contribution in [0.25, 0.3) is 0 Å². The summed E-state index contributed by atoms with van der Waals surface area (Å²) < 4.78 is 0. The number of H-pyrrole nitrogens is 1. The van der Waals surface area contributed by atoms with Gasteiger partial charge in [-0.1, -0.05) is 6.92 Å². The molecule has 1 heterocycles. The van der Waals surface area contributed by atoms with Gasteiger partial charge in [-0.15, -0.1) is 0 Å². The van der Waals surface area contributed by atoms with Crippen LogP contribution in [0, 0.1) is 5.41 Å². The van der Waals surface area contributed by atoms with Gasteiger partial charge in [0, 0.05) is 31.9 Å². The Balaban J connectivity index is 2.63. The molecule has 6 nitrogen and oxygen atoms in total. The number of likely N-dealkylation sites (N-methyl/N-ethyl adjacent to an activating group) is 1. The number of hydrogen-bond donors (Lipinski definition) is 2. The third-order valence-corrected chi connectivity index (χ3v) is 3.34. The first-order valence-electron chi connectivity index (χ1n) is 5.94. The van der Waals surface area contributed by atoms with Crippen LogP contribution in [0.15, 0.2) is 12.5 Å². The number of imidazole rings is 1. The number of primary amides is 1. The number of amides is 2. The van der Waals surface area contributed by atoms with E-state index in [0.717, 1.165) is 5.69 Å². The number of carbonyl (C=O) groups is 2. The zero-order valence-corrected chi connectivity index (χ0v) is 11.1. The second-order valence-corrected chi connectivity index (χ2v) is 4.60. The van der Waals surface area contributed by atoms with Gasteiger partial charge < -0.3 is 15.6 Å². The molecule has 1 atom stereocenters. The summed E-state index contributed by atoms with van der Waals surface area (Å²) in [5, 5.41) is 0. The number of nitrogens with zero attached hydrogens (tertiary/aromatic N) is 2.